The molecule has 1 amide bonds. The molecule has 1 aliphatic heterocycles. The number of aromatic nitrogens is 2. The quantitative estimate of drug-likeness (QED) is 0.161. The molecule has 4 rings (SSSR count). The van der Waals surface area contributed by atoms with E-state index in [4.69, 9.17) is 17.3 Å². The Labute approximate surface area is 234 Å². The fourth-order valence-electron chi connectivity index (χ4n) is 4.30. The van der Waals surface area contributed by atoms with E-state index in [0.29, 0.717) is 45.7 Å². The summed E-state index contributed by atoms with van der Waals surface area (Å²) in [6, 6.07) is 16.5. The maximum Gasteiger partial charge on any atom is 0.266 e. The van der Waals surface area contributed by atoms with Crippen molar-refractivity contribution in [3.05, 3.63) is 71.3 Å². The van der Waals surface area contributed by atoms with Gasteiger partial charge < -0.3 is 0 Å². The molecule has 0 unspecified atom stereocenters. The summed E-state index contributed by atoms with van der Waals surface area (Å²) in [7, 11) is -3.65. The summed E-state index contributed by atoms with van der Waals surface area (Å²) in [5, 5.41) is 4.82. The Morgan fingerprint density at radius 1 is 1.03 bits per heavy atom. The second-order valence-corrected chi connectivity index (χ2v) is 12.5. The van der Waals surface area contributed by atoms with E-state index in [2.05, 4.69) is 6.92 Å². The third-order valence-corrected chi connectivity index (χ3v) is 9.78. The number of hydrogen-bond donors (Lipinski definition) is 0. The van der Waals surface area contributed by atoms with Gasteiger partial charge in [0.15, 0.2) is 0 Å². The molecule has 0 N–H and O–H groups in total. The Balaban J connectivity index is 1.78. The topological polar surface area (TPSA) is 75.5 Å². The number of amides is 1. The first-order valence-electron chi connectivity index (χ1n) is 12.8. The van der Waals surface area contributed by atoms with Crippen LogP contribution in [0.4, 0.5) is 0 Å². The van der Waals surface area contributed by atoms with Crippen LogP contribution in [0, 0.1) is 0 Å². The SMILES string of the molecule is CCCCCN1C(=O)/C(=C/c2cn(-c3ccccc3)nc2-c2cccc(S(=O)(=O)N(CC)CC)c2)SC1=S. The van der Waals surface area contributed by atoms with Crippen LogP contribution < -0.4 is 0 Å². The summed E-state index contributed by atoms with van der Waals surface area (Å²) in [6.07, 6.45) is 6.68. The van der Waals surface area contributed by atoms with E-state index >= 15 is 0 Å². The van der Waals surface area contributed by atoms with Crippen molar-refractivity contribution in [3.8, 4) is 16.9 Å². The summed E-state index contributed by atoms with van der Waals surface area (Å²) >= 11 is 6.80. The molecule has 1 fully saturated rings. The number of nitrogens with zero attached hydrogens (tertiary/aromatic N) is 4. The molecule has 7 nitrogen and oxygen atoms in total. The first-order valence-corrected chi connectivity index (χ1v) is 15.5. The summed E-state index contributed by atoms with van der Waals surface area (Å²) in [6.45, 7) is 7.15. The number of benzene rings is 2. The van der Waals surface area contributed by atoms with Gasteiger partial charge in [-0.1, -0.05) is 87.9 Å². The second-order valence-electron chi connectivity index (χ2n) is 8.87. The second kappa shape index (κ2) is 12.4. The maximum absolute atomic E-state index is 13.2. The van der Waals surface area contributed by atoms with Crippen LogP contribution in [-0.2, 0) is 14.8 Å². The number of thioether (sulfide) groups is 1. The predicted molar refractivity (Wildman–Crippen MR) is 159 cm³/mol. The van der Waals surface area contributed by atoms with E-state index in [1.54, 1.807) is 27.8 Å². The Morgan fingerprint density at radius 3 is 2.45 bits per heavy atom. The number of thiocarbonyl (C=S) groups is 1. The molecule has 0 bridgehead atoms. The van der Waals surface area contributed by atoms with Crippen LogP contribution in [0.5, 0.6) is 0 Å². The van der Waals surface area contributed by atoms with Crippen LogP contribution in [0.1, 0.15) is 45.6 Å². The number of unbranched alkanes of at least 4 members (excludes halogenated alkanes) is 2. The average molecular weight is 569 g/mol. The van der Waals surface area contributed by atoms with Gasteiger partial charge in [-0.15, -0.1) is 0 Å². The summed E-state index contributed by atoms with van der Waals surface area (Å²) in [5.74, 6) is -0.104. The van der Waals surface area contributed by atoms with Crippen LogP contribution in [0.2, 0.25) is 0 Å². The minimum Gasteiger partial charge on any atom is -0.293 e. The van der Waals surface area contributed by atoms with Crippen molar-refractivity contribution in [1.29, 1.82) is 0 Å². The smallest absolute Gasteiger partial charge is 0.266 e. The van der Waals surface area contributed by atoms with Crippen LogP contribution in [0.3, 0.4) is 0 Å². The van der Waals surface area contributed by atoms with Crippen molar-refractivity contribution in [2.45, 2.75) is 44.9 Å². The number of sulfonamides is 1. The minimum absolute atomic E-state index is 0.104. The molecule has 2 aromatic carbocycles. The van der Waals surface area contributed by atoms with Crippen molar-refractivity contribution in [1.82, 2.24) is 19.0 Å². The molecule has 200 valence electrons. The lowest BCUT2D eigenvalue weighted by molar-refractivity contribution is -0.122. The van der Waals surface area contributed by atoms with E-state index in [-0.39, 0.29) is 10.8 Å². The Bertz CT molecular complexity index is 1440. The minimum atomic E-state index is -3.65. The van der Waals surface area contributed by atoms with Gasteiger partial charge in [0.05, 0.1) is 15.5 Å². The van der Waals surface area contributed by atoms with E-state index in [1.165, 1.54) is 16.1 Å². The Hall–Kier alpha value is -2.79. The molecule has 1 saturated heterocycles. The van der Waals surface area contributed by atoms with Gasteiger partial charge in [0.1, 0.15) is 10.0 Å². The number of carbonyl (C=O) groups excluding carboxylic acids is 1. The largest absolute Gasteiger partial charge is 0.293 e. The van der Waals surface area contributed by atoms with Gasteiger partial charge in [-0.05, 0) is 36.8 Å². The molecule has 0 aliphatic carbocycles. The lowest BCUT2D eigenvalue weighted by atomic mass is 10.1. The highest BCUT2D eigenvalue weighted by atomic mass is 32.2. The molecule has 1 aliphatic rings. The number of carbonyl (C=O) groups is 1. The van der Waals surface area contributed by atoms with E-state index in [9.17, 15) is 13.2 Å². The van der Waals surface area contributed by atoms with Crippen molar-refractivity contribution in [2.24, 2.45) is 0 Å². The van der Waals surface area contributed by atoms with Crippen molar-refractivity contribution in [3.63, 3.8) is 0 Å². The molecule has 0 saturated carbocycles. The third kappa shape index (κ3) is 5.93. The zero-order valence-corrected chi connectivity index (χ0v) is 24.3. The first-order chi connectivity index (χ1) is 18.3. The average Bonchev–Trinajstić information content (AvgIpc) is 3.46. The van der Waals surface area contributed by atoms with E-state index < -0.39 is 10.0 Å². The van der Waals surface area contributed by atoms with E-state index in [1.807, 2.05) is 62.5 Å². The normalized spacial score (nSPS) is 15.3. The van der Waals surface area contributed by atoms with Crippen LogP contribution in [0.15, 0.2) is 70.6 Å². The summed E-state index contributed by atoms with van der Waals surface area (Å²) in [4.78, 5) is 15.6. The molecule has 10 heteroatoms. The highest BCUT2D eigenvalue weighted by Gasteiger charge is 2.32. The van der Waals surface area contributed by atoms with Crippen molar-refractivity contribution in [2.75, 3.05) is 19.6 Å². The molecule has 38 heavy (non-hydrogen) atoms. The van der Waals surface area contributed by atoms with Gasteiger partial charge in [0.2, 0.25) is 10.0 Å². The molecule has 2 heterocycles. The van der Waals surface area contributed by atoms with Gasteiger partial charge >= 0.3 is 0 Å². The highest BCUT2D eigenvalue weighted by molar-refractivity contribution is 8.26. The van der Waals surface area contributed by atoms with Gasteiger partial charge in [0.25, 0.3) is 5.91 Å². The number of hydrogen-bond acceptors (Lipinski definition) is 6. The van der Waals surface area contributed by atoms with Crippen LogP contribution >= 0.6 is 24.0 Å². The molecule has 0 radical (unpaired) electrons. The lowest BCUT2D eigenvalue weighted by Gasteiger charge is -2.18. The number of para-hydroxylation sites is 1. The molecular formula is C28H32N4O3S3. The summed E-state index contributed by atoms with van der Waals surface area (Å²) < 4.78 is 30.2. The van der Waals surface area contributed by atoms with Gasteiger partial charge in [0, 0.05) is 37.0 Å². The number of rotatable bonds is 11. The molecular weight excluding hydrogens is 537 g/mol. The monoisotopic (exact) mass is 568 g/mol. The third-order valence-electron chi connectivity index (χ3n) is 6.36. The zero-order chi connectivity index (χ0) is 27.3. The standard InChI is InChI=1S/C28H32N4O3S3/c1-4-7-11-17-31-27(33)25(37-28(31)36)19-22-20-32(23-14-9-8-10-15-23)29-26(22)21-13-12-16-24(18-21)38(34,35)30(5-2)6-3/h8-10,12-16,18-20H,4-7,11,17H2,1-3H3/b25-19-. The van der Waals surface area contributed by atoms with Gasteiger partial charge in [-0.2, -0.15) is 9.40 Å². The highest BCUT2D eigenvalue weighted by Crippen LogP contribution is 2.35. The Kier molecular flexibility index (Phi) is 9.19. The van der Waals surface area contributed by atoms with Crippen LogP contribution in [0.25, 0.3) is 23.0 Å². The fraction of sp³-hybridized carbons (Fsp3) is 0.321. The Morgan fingerprint density at radius 2 is 1.76 bits per heavy atom. The van der Waals surface area contributed by atoms with Crippen molar-refractivity contribution >= 4 is 50.3 Å². The molecule has 0 spiro atoms. The molecule has 1 aromatic heterocycles. The summed E-state index contributed by atoms with van der Waals surface area (Å²) in [5.41, 5.74) is 2.80. The first kappa shape index (κ1) is 28.2. The van der Waals surface area contributed by atoms with Gasteiger partial charge in [-0.25, -0.2) is 13.1 Å². The van der Waals surface area contributed by atoms with Crippen LogP contribution in [-0.4, -0.2) is 57.3 Å². The molecule has 0 atom stereocenters. The van der Waals surface area contributed by atoms with Gasteiger partial charge in [-0.3, -0.25) is 9.69 Å². The lowest BCUT2D eigenvalue weighted by Crippen LogP contribution is -2.30. The zero-order valence-electron chi connectivity index (χ0n) is 21.8. The molecule has 3 aromatic rings. The van der Waals surface area contributed by atoms with Crippen molar-refractivity contribution < 1.29 is 13.2 Å². The van der Waals surface area contributed by atoms with E-state index in [0.717, 1.165) is 24.9 Å². The fourth-order valence-corrected chi connectivity index (χ4v) is 7.10. The predicted octanol–water partition coefficient (Wildman–Crippen LogP) is 5.96. The maximum atomic E-state index is 13.2.